The number of phenolic OH excluding ortho intramolecular Hbond substituents is 1. The third-order valence-electron chi connectivity index (χ3n) is 6.37. The van der Waals surface area contributed by atoms with Crippen LogP contribution >= 0.6 is 0 Å². The lowest BCUT2D eigenvalue weighted by Gasteiger charge is -2.33. The van der Waals surface area contributed by atoms with Crippen LogP contribution in [0, 0.1) is 11.8 Å². The fourth-order valence-electron chi connectivity index (χ4n) is 4.02. The van der Waals surface area contributed by atoms with Gasteiger partial charge in [-0.1, -0.05) is 26.0 Å². The van der Waals surface area contributed by atoms with Crippen LogP contribution in [-0.4, -0.2) is 64.1 Å². The summed E-state index contributed by atoms with van der Waals surface area (Å²) in [5, 5.41) is 31.6. The van der Waals surface area contributed by atoms with Crippen LogP contribution in [0.3, 0.4) is 0 Å². The molecule has 10 heteroatoms. The third kappa shape index (κ3) is 5.62. The summed E-state index contributed by atoms with van der Waals surface area (Å²) in [6, 6.07) is 2.36. The van der Waals surface area contributed by atoms with E-state index in [1.807, 2.05) is 0 Å². The zero-order chi connectivity index (χ0) is 24.3. The number of hydrogen-bond donors (Lipinski definition) is 6. The predicted molar refractivity (Wildman–Crippen MR) is 119 cm³/mol. The summed E-state index contributed by atoms with van der Waals surface area (Å²) in [5.74, 6) is -3.34. The summed E-state index contributed by atoms with van der Waals surface area (Å²) in [6.07, 6.45) is 0.730. The van der Waals surface area contributed by atoms with E-state index in [2.05, 4.69) is 21.3 Å². The number of para-hydroxylation sites is 1. The molecule has 0 spiro atoms. The van der Waals surface area contributed by atoms with Gasteiger partial charge in [0, 0.05) is 0 Å². The predicted octanol–water partition coefficient (Wildman–Crippen LogP) is -0.204. The van der Waals surface area contributed by atoms with Crippen molar-refractivity contribution >= 4 is 23.6 Å². The number of benzene rings is 1. The topological polar surface area (TPSA) is 157 Å². The Hall–Kier alpha value is -3.14. The molecule has 1 aromatic carbocycles. The molecule has 3 rings (SSSR count). The first-order chi connectivity index (χ1) is 15.6. The van der Waals surface area contributed by atoms with Gasteiger partial charge in [0.05, 0.1) is 29.7 Å². The van der Waals surface area contributed by atoms with Gasteiger partial charge in [0.1, 0.15) is 17.8 Å². The number of carbonyl (C=O) groups excluding carboxylic acids is 4. The van der Waals surface area contributed by atoms with E-state index in [1.54, 1.807) is 32.9 Å². The lowest BCUT2D eigenvalue weighted by Crippen LogP contribution is -2.63. The Morgan fingerprint density at radius 3 is 2.30 bits per heavy atom. The molecule has 180 valence electrons. The van der Waals surface area contributed by atoms with Crippen LogP contribution in [0.4, 0.5) is 0 Å². The minimum absolute atomic E-state index is 0.0150. The minimum Gasteiger partial charge on any atom is -0.507 e. The molecule has 0 aromatic heterocycles. The Balaban J connectivity index is 1.91. The molecule has 1 aliphatic heterocycles. The molecular formula is C23H32N4O6. The van der Waals surface area contributed by atoms with E-state index in [9.17, 15) is 29.4 Å². The Labute approximate surface area is 192 Å². The van der Waals surface area contributed by atoms with Gasteiger partial charge in [0.15, 0.2) is 0 Å². The fourth-order valence-corrected chi connectivity index (χ4v) is 4.02. The summed E-state index contributed by atoms with van der Waals surface area (Å²) in [7, 11) is 0. The summed E-state index contributed by atoms with van der Waals surface area (Å²) >= 11 is 0. The van der Waals surface area contributed by atoms with E-state index >= 15 is 0 Å². The number of amides is 4. The average molecular weight is 461 g/mol. The zero-order valence-corrected chi connectivity index (χ0v) is 19.0. The van der Waals surface area contributed by atoms with Crippen molar-refractivity contribution in [2.75, 3.05) is 0 Å². The highest BCUT2D eigenvalue weighted by molar-refractivity contribution is 6.00. The quantitative estimate of drug-likeness (QED) is 0.365. The fraction of sp³-hybridized carbons (Fsp3) is 0.565. The number of rotatable bonds is 4. The lowest BCUT2D eigenvalue weighted by atomic mass is 9.93. The van der Waals surface area contributed by atoms with Crippen LogP contribution in [0.5, 0.6) is 5.75 Å². The van der Waals surface area contributed by atoms with E-state index < -0.39 is 59.8 Å². The molecule has 0 bridgehead atoms. The van der Waals surface area contributed by atoms with Gasteiger partial charge in [-0.3, -0.25) is 19.2 Å². The number of hydrogen-bond acceptors (Lipinski definition) is 6. The average Bonchev–Trinajstić information content (AvgIpc) is 3.62. The first-order valence-electron chi connectivity index (χ1n) is 11.3. The Morgan fingerprint density at radius 1 is 1.03 bits per heavy atom. The number of carbonyl (C=O) groups is 4. The maximum atomic E-state index is 13.2. The molecule has 2 fully saturated rings. The first kappa shape index (κ1) is 24.5. The highest BCUT2D eigenvalue weighted by Gasteiger charge is 2.42. The zero-order valence-electron chi connectivity index (χ0n) is 19.0. The number of aliphatic hydroxyl groups is 1. The van der Waals surface area contributed by atoms with Crippen molar-refractivity contribution in [3.63, 3.8) is 0 Å². The van der Waals surface area contributed by atoms with Gasteiger partial charge >= 0.3 is 0 Å². The van der Waals surface area contributed by atoms with Crippen molar-refractivity contribution < 1.29 is 29.4 Å². The van der Waals surface area contributed by atoms with Crippen molar-refractivity contribution in [1.82, 2.24) is 21.3 Å². The molecule has 2 aliphatic rings. The molecular weight excluding hydrogens is 428 g/mol. The van der Waals surface area contributed by atoms with Crippen molar-refractivity contribution in [2.45, 2.75) is 70.3 Å². The molecule has 1 saturated heterocycles. The van der Waals surface area contributed by atoms with E-state index in [1.165, 1.54) is 12.1 Å². The molecule has 1 heterocycles. The Bertz CT molecular complexity index is 918. The summed E-state index contributed by atoms with van der Waals surface area (Å²) in [4.78, 5) is 51.7. The smallest absolute Gasteiger partial charge is 0.255 e. The molecule has 33 heavy (non-hydrogen) atoms. The minimum atomic E-state index is -1.19. The van der Waals surface area contributed by atoms with Gasteiger partial charge in [-0.15, -0.1) is 0 Å². The van der Waals surface area contributed by atoms with Crippen LogP contribution in [0.25, 0.3) is 0 Å². The van der Waals surface area contributed by atoms with Gasteiger partial charge < -0.3 is 31.5 Å². The maximum Gasteiger partial charge on any atom is 0.255 e. The monoisotopic (exact) mass is 460 g/mol. The van der Waals surface area contributed by atoms with Gasteiger partial charge in [0.2, 0.25) is 17.7 Å². The van der Waals surface area contributed by atoms with Crippen LogP contribution in [0.15, 0.2) is 24.3 Å². The maximum absolute atomic E-state index is 13.2. The van der Waals surface area contributed by atoms with Crippen molar-refractivity contribution in [3.8, 4) is 5.75 Å². The second-order valence-corrected chi connectivity index (χ2v) is 8.89. The lowest BCUT2D eigenvalue weighted by molar-refractivity contribution is -0.136. The van der Waals surface area contributed by atoms with Gasteiger partial charge in [-0.25, -0.2) is 0 Å². The number of aromatic hydroxyl groups is 1. The molecule has 0 radical (unpaired) electrons. The molecule has 1 aromatic rings. The third-order valence-corrected chi connectivity index (χ3v) is 6.37. The highest BCUT2D eigenvalue weighted by atomic mass is 16.3. The molecule has 6 N–H and O–H groups in total. The van der Waals surface area contributed by atoms with Gasteiger partial charge in [-0.05, 0) is 44.2 Å². The SMILES string of the molecule is CCC1NC(=O)C(NC(=O)c2ccccc2O)C(C)NC(=O)C(C2CC2)NC(=O)C(C)C1O. The van der Waals surface area contributed by atoms with Crippen LogP contribution in [-0.2, 0) is 14.4 Å². The number of phenols is 1. The summed E-state index contributed by atoms with van der Waals surface area (Å²) in [5.41, 5.74) is -0.0150. The molecule has 4 amide bonds. The standard InChI is InChI=1S/C23H32N4O6/c1-4-15-19(29)11(2)20(30)27-18(13-9-10-13)23(33)24-12(3)17(22(32)25-15)26-21(31)14-7-5-6-8-16(14)28/h5-8,11-13,15,17-19,28-29H,4,9-10H2,1-3H3,(H,24,33)(H,25,32)(H,26,31)(H,27,30). The summed E-state index contributed by atoms with van der Waals surface area (Å²) < 4.78 is 0. The second-order valence-electron chi connectivity index (χ2n) is 8.89. The Morgan fingerprint density at radius 2 is 1.70 bits per heavy atom. The van der Waals surface area contributed by atoms with Crippen molar-refractivity contribution in [2.24, 2.45) is 11.8 Å². The van der Waals surface area contributed by atoms with Crippen LogP contribution in [0.1, 0.15) is 50.4 Å². The van der Waals surface area contributed by atoms with Gasteiger partial charge in [0.25, 0.3) is 5.91 Å². The van der Waals surface area contributed by atoms with Crippen LogP contribution < -0.4 is 21.3 Å². The summed E-state index contributed by atoms with van der Waals surface area (Å²) in [6.45, 7) is 4.88. The Kier molecular flexibility index (Phi) is 7.57. The molecule has 1 aliphatic carbocycles. The first-order valence-corrected chi connectivity index (χ1v) is 11.3. The van der Waals surface area contributed by atoms with Gasteiger partial charge in [-0.2, -0.15) is 0 Å². The van der Waals surface area contributed by atoms with Crippen LogP contribution in [0.2, 0.25) is 0 Å². The highest BCUT2D eigenvalue weighted by Crippen LogP contribution is 2.33. The second kappa shape index (κ2) is 10.2. The largest absolute Gasteiger partial charge is 0.507 e. The molecule has 6 atom stereocenters. The molecule has 1 saturated carbocycles. The van der Waals surface area contributed by atoms with Crippen molar-refractivity contribution in [3.05, 3.63) is 29.8 Å². The van der Waals surface area contributed by atoms with E-state index in [-0.39, 0.29) is 17.2 Å². The number of aliphatic hydroxyl groups excluding tert-OH is 1. The molecule has 6 unspecified atom stereocenters. The van der Waals surface area contributed by atoms with E-state index in [4.69, 9.17) is 0 Å². The van der Waals surface area contributed by atoms with E-state index in [0.717, 1.165) is 12.8 Å². The molecule has 10 nitrogen and oxygen atoms in total. The van der Waals surface area contributed by atoms with Crippen molar-refractivity contribution in [1.29, 1.82) is 0 Å². The normalized spacial score (nSPS) is 31.3. The number of nitrogens with one attached hydrogen (secondary N) is 4. The van der Waals surface area contributed by atoms with E-state index in [0.29, 0.717) is 6.42 Å².